The minimum absolute atomic E-state index is 0.0475. The lowest BCUT2D eigenvalue weighted by Gasteiger charge is -2.17. The van der Waals surface area contributed by atoms with E-state index in [1.165, 1.54) is 0 Å². The summed E-state index contributed by atoms with van der Waals surface area (Å²) < 4.78 is 0. The number of hydrogen-bond acceptors (Lipinski definition) is 2. The minimum atomic E-state index is -0.663. The zero-order chi connectivity index (χ0) is 10.8. The van der Waals surface area contributed by atoms with Crippen molar-refractivity contribution in [3.05, 3.63) is 35.9 Å². The molecule has 1 aromatic rings. The van der Waals surface area contributed by atoms with Crippen molar-refractivity contribution in [2.24, 2.45) is 5.92 Å². The number of nitrogens with zero attached hydrogens (tertiary/aromatic N) is 1. The Kier molecular flexibility index (Phi) is 2.73. The fraction of sp³-hybridized carbons (Fsp3) is 0.417. The quantitative estimate of drug-likeness (QED) is 0.788. The van der Waals surface area contributed by atoms with Crippen LogP contribution in [0.15, 0.2) is 30.3 Å². The molecule has 3 nitrogen and oxygen atoms in total. The SMILES string of the molecule is CN1CC[C@H]([C@@H](O)c2ccccc2)C1=O. The van der Waals surface area contributed by atoms with Gasteiger partial charge in [-0.25, -0.2) is 0 Å². The Labute approximate surface area is 89.3 Å². The van der Waals surface area contributed by atoms with Crippen LogP contribution in [0.2, 0.25) is 0 Å². The number of amides is 1. The van der Waals surface area contributed by atoms with Gasteiger partial charge in [0.25, 0.3) is 0 Å². The normalized spacial score (nSPS) is 23.2. The molecule has 1 N–H and O–H groups in total. The second-order valence-corrected chi connectivity index (χ2v) is 4.01. The molecule has 1 fully saturated rings. The standard InChI is InChI=1S/C12H15NO2/c1-13-8-7-10(12(13)15)11(14)9-5-3-2-4-6-9/h2-6,10-11,14H,7-8H2,1H3/t10-,11+/m1/s1. The third-order valence-electron chi connectivity index (χ3n) is 2.99. The first-order valence-electron chi connectivity index (χ1n) is 5.18. The number of hydrogen-bond donors (Lipinski definition) is 1. The van der Waals surface area contributed by atoms with Crippen LogP contribution in [0.1, 0.15) is 18.1 Å². The number of rotatable bonds is 2. The number of carbonyl (C=O) groups is 1. The smallest absolute Gasteiger partial charge is 0.228 e. The molecular weight excluding hydrogens is 190 g/mol. The highest BCUT2D eigenvalue weighted by molar-refractivity contribution is 5.81. The van der Waals surface area contributed by atoms with Crippen LogP contribution in [-0.2, 0) is 4.79 Å². The van der Waals surface area contributed by atoms with Crippen LogP contribution in [0.5, 0.6) is 0 Å². The Morgan fingerprint density at radius 3 is 2.60 bits per heavy atom. The maximum absolute atomic E-state index is 11.7. The van der Waals surface area contributed by atoms with E-state index in [2.05, 4.69) is 0 Å². The summed E-state index contributed by atoms with van der Waals surface area (Å²) in [6, 6.07) is 9.37. The van der Waals surface area contributed by atoms with Crippen LogP contribution in [0.4, 0.5) is 0 Å². The summed E-state index contributed by atoms with van der Waals surface area (Å²) in [5.41, 5.74) is 0.825. The van der Waals surface area contributed by atoms with E-state index in [0.717, 1.165) is 18.5 Å². The zero-order valence-electron chi connectivity index (χ0n) is 8.76. The number of carbonyl (C=O) groups excluding carboxylic acids is 1. The molecule has 0 saturated carbocycles. The summed E-state index contributed by atoms with van der Waals surface area (Å²) in [4.78, 5) is 13.4. The highest BCUT2D eigenvalue weighted by Gasteiger charge is 2.35. The number of aliphatic hydroxyl groups is 1. The molecule has 2 rings (SSSR count). The third-order valence-corrected chi connectivity index (χ3v) is 2.99. The molecule has 1 aliphatic heterocycles. The van der Waals surface area contributed by atoms with Crippen molar-refractivity contribution in [2.75, 3.05) is 13.6 Å². The predicted molar refractivity (Wildman–Crippen MR) is 57.1 cm³/mol. The van der Waals surface area contributed by atoms with E-state index < -0.39 is 6.10 Å². The molecule has 2 atom stereocenters. The van der Waals surface area contributed by atoms with Crippen LogP contribution in [0, 0.1) is 5.92 Å². The monoisotopic (exact) mass is 205 g/mol. The molecule has 0 unspecified atom stereocenters. The highest BCUT2D eigenvalue weighted by Crippen LogP contribution is 2.30. The van der Waals surface area contributed by atoms with Crippen LogP contribution in [0.25, 0.3) is 0 Å². The first-order valence-corrected chi connectivity index (χ1v) is 5.18. The van der Waals surface area contributed by atoms with E-state index in [0.29, 0.717) is 0 Å². The average Bonchev–Trinajstić information content (AvgIpc) is 2.60. The van der Waals surface area contributed by atoms with E-state index in [1.807, 2.05) is 30.3 Å². The van der Waals surface area contributed by atoms with Crippen LogP contribution in [-0.4, -0.2) is 29.5 Å². The maximum Gasteiger partial charge on any atom is 0.228 e. The minimum Gasteiger partial charge on any atom is -0.388 e. The Morgan fingerprint density at radius 2 is 2.07 bits per heavy atom. The summed E-state index contributed by atoms with van der Waals surface area (Å²) in [7, 11) is 1.78. The van der Waals surface area contributed by atoms with Gasteiger partial charge in [-0.1, -0.05) is 30.3 Å². The summed E-state index contributed by atoms with van der Waals surface area (Å²) in [6.45, 7) is 0.743. The molecule has 0 radical (unpaired) electrons. The van der Waals surface area contributed by atoms with Crippen molar-refractivity contribution in [1.29, 1.82) is 0 Å². The fourth-order valence-corrected chi connectivity index (χ4v) is 2.02. The first kappa shape index (κ1) is 10.2. The summed E-state index contributed by atoms with van der Waals surface area (Å²) in [5.74, 6) is -0.219. The van der Waals surface area contributed by atoms with Crippen LogP contribution >= 0.6 is 0 Å². The van der Waals surface area contributed by atoms with E-state index >= 15 is 0 Å². The molecule has 80 valence electrons. The van der Waals surface area contributed by atoms with E-state index in [-0.39, 0.29) is 11.8 Å². The average molecular weight is 205 g/mol. The topological polar surface area (TPSA) is 40.5 Å². The molecule has 0 spiro atoms. The molecule has 3 heteroatoms. The maximum atomic E-state index is 11.7. The van der Waals surface area contributed by atoms with Crippen molar-refractivity contribution < 1.29 is 9.90 Å². The van der Waals surface area contributed by atoms with Crippen LogP contribution < -0.4 is 0 Å². The van der Waals surface area contributed by atoms with Gasteiger partial charge in [-0.15, -0.1) is 0 Å². The Hall–Kier alpha value is -1.35. The van der Waals surface area contributed by atoms with Gasteiger partial charge in [-0.3, -0.25) is 4.79 Å². The molecule has 1 heterocycles. The lowest BCUT2D eigenvalue weighted by molar-refractivity contribution is -0.132. The number of benzene rings is 1. The van der Waals surface area contributed by atoms with Crippen molar-refractivity contribution in [3.63, 3.8) is 0 Å². The van der Waals surface area contributed by atoms with Gasteiger partial charge in [0.1, 0.15) is 0 Å². The molecule has 1 aromatic carbocycles. The van der Waals surface area contributed by atoms with Gasteiger partial charge in [0.2, 0.25) is 5.91 Å². The lowest BCUT2D eigenvalue weighted by Crippen LogP contribution is -2.26. The van der Waals surface area contributed by atoms with Gasteiger partial charge >= 0.3 is 0 Å². The molecule has 1 amide bonds. The summed E-state index contributed by atoms with van der Waals surface area (Å²) in [5, 5.41) is 10.1. The second kappa shape index (κ2) is 4.03. The van der Waals surface area contributed by atoms with Gasteiger partial charge in [-0.05, 0) is 12.0 Å². The lowest BCUT2D eigenvalue weighted by atomic mass is 9.94. The second-order valence-electron chi connectivity index (χ2n) is 4.01. The third kappa shape index (κ3) is 1.88. The van der Waals surface area contributed by atoms with Crippen molar-refractivity contribution in [3.8, 4) is 0 Å². The number of likely N-dealkylation sites (tertiary alicyclic amines) is 1. The van der Waals surface area contributed by atoms with Gasteiger partial charge in [0, 0.05) is 13.6 Å². The predicted octanol–water partition coefficient (Wildman–Crippen LogP) is 1.20. The molecule has 0 bridgehead atoms. The van der Waals surface area contributed by atoms with Crippen LogP contribution in [0.3, 0.4) is 0 Å². The van der Waals surface area contributed by atoms with E-state index in [4.69, 9.17) is 0 Å². The Balaban J connectivity index is 2.16. The van der Waals surface area contributed by atoms with E-state index in [1.54, 1.807) is 11.9 Å². The Bertz CT molecular complexity index is 350. The van der Waals surface area contributed by atoms with Gasteiger partial charge in [0.15, 0.2) is 0 Å². The van der Waals surface area contributed by atoms with Crippen molar-refractivity contribution in [1.82, 2.24) is 4.90 Å². The number of aliphatic hydroxyl groups excluding tert-OH is 1. The highest BCUT2D eigenvalue weighted by atomic mass is 16.3. The molecule has 0 aliphatic carbocycles. The van der Waals surface area contributed by atoms with E-state index in [9.17, 15) is 9.90 Å². The van der Waals surface area contributed by atoms with Gasteiger partial charge in [0.05, 0.1) is 12.0 Å². The molecule has 1 aliphatic rings. The molecule has 1 saturated heterocycles. The summed E-state index contributed by atoms with van der Waals surface area (Å²) >= 11 is 0. The Morgan fingerprint density at radius 1 is 1.40 bits per heavy atom. The molecule has 0 aromatic heterocycles. The first-order chi connectivity index (χ1) is 7.20. The van der Waals surface area contributed by atoms with Crippen molar-refractivity contribution in [2.45, 2.75) is 12.5 Å². The van der Waals surface area contributed by atoms with Crippen molar-refractivity contribution >= 4 is 5.91 Å². The largest absolute Gasteiger partial charge is 0.388 e. The summed E-state index contributed by atoms with van der Waals surface area (Å²) in [6.07, 6.45) is 0.0782. The molecular formula is C12H15NO2. The zero-order valence-corrected chi connectivity index (χ0v) is 8.76. The van der Waals surface area contributed by atoms with Gasteiger partial charge < -0.3 is 10.0 Å². The van der Waals surface area contributed by atoms with Gasteiger partial charge in [-0.2, -0.15) is 0 Å². The molecule has 15 heavy (non-hydrogen) atoms. The fourth-order valence-electron chi connectivity index (χ4n) is 2.02.